The molecule has 0 saturated carbocycles. The molecule has 1 amide bonds. The topological polar surface area (TPSA) is 69.6 Å². The lowest BCUT2D eigenvalue weighted by Gasteiger charge is -2.21. The van der Waals surface area contributed by atoms with Gasteiger partial charge in [0.2, 0.25) is 0 Å². The zero-order valence-corrected chi connectivity index (χ0v) is 16.2. The molecule has 0 fully saturated rings. The summed E-state index contributed by atoms with van der Waals surface area (Å²) in [4.78, 5) is 17.4. The van der Waals surface area contributed by atoms with Crippen LogP contribution in [0.3, 0.4) is 0 Å². The Balaban J connectivity index is 2.79. The highest BCUT2D eigenvalue weighted by Crippen LogP contribution is 2.49. The van der Waals surface area contributed by atoms with Gasteiger partial charge >= 0.3 is 12.8 Å². The van der Waals surface area contributed by atoms with Crippen molar-refractivity contribution in [3.8, 4) is 5.75 Å². The summed E-state index contributed by atoms with van der Waals surface area (Å²) in [6, 6.07) is 7.05. The van der Waals surface area contributed by atoms with E-state index in [9.17, 15) is 4.79 Å². The van der Waals surface area contributed by atoms with Crippen molar-refractivity contribution in [1.82, 2.24) is 4.90 Å². The molecular formula is C15H23N2O5PS. The number of amides is 1. The van der Waals surface area contributed by atoms with Gasteiger partial charge in [0.15, 0.2) is 0 Å². The number of carbonyl (C=O) groups is 1. The zero-order chi connectivity index (χ0) is 18.2. The first kappa shape index (κ1) is 20.6. The van der Waals surface area contributed by atoms with Crippen LogP contribution in [0.1, 0.15) is 26.3 Å². The maximum Gasteiger partial charge on any atom is 0.435 e. The second kappa shape index (κ2) is 9.74. The minimum Gasteiger partial charge on any atom is -0.424 e. The highest BCUT2D eigenvalue weighted by Gasteiger charge is 2.21. The zero-order valence-electron chi connectivity index (χ0n) is 14.5. The van der Waals surface area contributed by atoms with Crippen molar-refractivity contribution in [2.45, 2.75) is 20.8 Å². The lowest BCUT2D eigenvalue weighted by molar-refractivity contribution is 0.122. The molecular weight excluding hydrogens is 351 g/mol. The van der Waals surface area contributed by atoms with Crippen LogP contribution in [-0.4, -0.2) is 44.0 Å². The molecule has 0 atom stereocenters. The summed E-state index contributed by atoms with van der Waals surface area (Å²) in [6.07, 6.45) is -0.538. The summed E-state index contributed by atoms with van der Waals surface area (Å²) in [5.41, 5.74) is 1.35. The van der Waals surface area contributed by atoms with Gasteiger partial charge < -0.3 is 9.42 Å². The number of nitrogens with zero attached hydrogens (tertiary/aromatic N) is 2. The molecule has 0 saturated heterocycles. The van der Waals surface area contributed by atoms with Crippen LogP contribution in [0.15, 0.2) is 29.4 Å². The fraction of sp³-hybridized carbons (Fsp3) is 0.467. The second-order valence-electron chi connectivity index (χ2n) is 4.83. The van der Waals surface area contributed by atoms with Crippen LogP contribution in [0.2, 0.25) is 0 Å². The lowest BCUT2D eigenvalue weighted by Crippen LogP contribution is -2.21. The van der Waals surface area contributed by atoms with E-state index >= 15 is 0 Å². The number of oxime groups is 1. The van der Waals surface area contributed by atoms with E-state index in [2.05, 4.69) is 5.16 Å². The first-order chi connectivity index (χ1) is 11.3. The Morgan fingerprint density at radius 3 is 2.17 bits per heavy atom. The molecule has 0 bridgehead atoms. The monoisotopic (exact) mass is 374 g/mol. The average molecular weight is 374 g/mol. The molecule has 1 aromatic rings. The maximum absolute atomic E-state index is 11.4. The Morgan fingerprint density at radius 2 is 1.71 bits per heavy atom. The van der Waals surface area contributed by atoms with E-state index in [0.717, 1.165) is 5.56 Å². The summed E-state index contributed by atoms with van der Waals surface area (Å²) in [5, 5.41) is 3.80. The third kappa shape index (κ3) is 6.57. The molecule has 0 unspecified atom stereocenters. The Morgan fingerprint density at radius 1 is 1.17 bits per heavy atom. The van der Waals surface area contributed by atoms with E-state index in [4.69, 9.17) is 30.2 Å². The molecule has 0 aliphatic carbocycles. The van der Waals surface area contributed by atoms with Crippen LogP contribution in [0, 0.1) is 0 Å². The first-order valence-corrected chi connectivity index (χ1v) is 9.99. The summed E-state index contributed by atoms with van der Waals surface area (Å²) in [5.74, 6) is 0.544. The van der Waals surface area contributed by atoms with E-state index in [1.54, 1.807) is 45.3 Å². The molecule has 0 spiro atoms. The molecule has 0 aliphatic heterocycles. The number of carbonyl (C=O) groups excluding carboxylic acids is 1. The molecule has 1 aromatic carbocycles. The fourth-order valence-corrected chi connectivity index (χ4v) is 3.62. The largest absolute Gasteiger partial charge is 0.435 e. The summed E-state index contributed by atoms with van der Waals surface area (Å²) < 4.78 is 16.6. The minimum atomic E-state index is -2.79. The van der Waals surface area contributed by atoms with Gasteiger partial charge in [0.1, 0.15) is 5.75 Å². The molecule has 7 nitrogen and oxygen atoms in total. The normalized spacial score (nSPS) is 12.0. The fourth-order valence-electron chi connectivity index (χ4n) is 1.53. The van der Waals surface area contributed by atoms with E-state index in [0.29, 0.717) is 24.7 Å². The first-order valence-electron chi connectivity index (χ1n) is 7.43. The third-order valence-electron chi connectivity index (χ3n) is 2.69. The highest BCUT2D eigenvalue weighted by molar-refractivity contribution is 8.07. The van der Waals surface area contributed by atoms with Gasteiger partial charge in [0.05, 0.1) is 18.9 Å². The van der Waals surface area contributed by atoms with Gasteiger partial charge in [-0.15, -0.1) is 0 Å². The summed E-state index contributed by atoms with van der Waals surface area (Å²) >= 11 is 5.32. The Bertz CT molecular complexity index is 609. The number of hydrogen-bond donors (Lipinski definition) is 0. The molecule has 0 aromatic heterocycles. The molecule has 24 heavy (non-hydrogen) atoms. The Labute approximate surface area is 147 Å². The van der Waals surface area contributed by atoms with Crippen molar-refractivity contribution >= 4 is 30.3 Å². The van der Waals surface area contributed by atoms with E-state index < -0.39 is 12.8 Å². The summed E-state index contributed by atoms with van der Waals surface area (Å²) in [7, 11) is 3.17. The molecule has 9 heteroatoms. The van der Waals surface area contributed by atoms with Crippen LogP contribution in [-0.2, 0) is 25.7 Å². The second-order valence-corrected chi connectivity index (χ2v) is 7.76. The van der Waals surface area contributed by atoms with Gasteiger partial charge in [-0.05, 0) is 50.6 Å². The predicted molar refractivity (Wildman–Crippen MR) is 97.0 cm³/mol. The van der Waals surface area contributed by atoms with Gasteiger partial charge in [0.25, 0.3) is 0 Å². The van der Waals surface area contributed by atoms with Crippen LogP contribution in [0.5, 0.6) is 5.75 Å². The van der Waals surface area contributed by atoms with Crippen LogP contribution < -0.4 is 4.52 Å². The molecule has 1 rings (SSSR count). The van der Waals surface area contributed by atoms with Crippen molar-refractivity contribution in [2.24, 2.45) is 5.16 Å². The van der Waals surface area contributed by atoms with Gasteiger partial charge in [-0.25, -0.2) is 4.79 Å². The standard InChI is InChI=1S/C15H23N2O5PS/c1-6-19-23(24,20-7-2)22-14-10-8-13(9-11-14)12(3)16-21-15(18)17(4)5/h8-11H,6-7H2,1-5H3. The van der Waals surface area contributed by atoms with Crippen LogP contribution >= 0.6 is 6.72 Å². The van der Waals surface area contributed by atoms with Crippen LogP contribution in [0.4, 0.5) is 4.79 Å². The van der Waals surface area contributed by atoms with Gasteiger partial charge in [-0.3, -0.25) is 13.9 Å². The molecule has 0 aliphatic rings. The smallest absolute Gasteiger partial charge is 0.424 e. The van der Waals surface area contributed by atoms with Gasteiger partial charge in [-0.2, -0.15) is 0 Å². The lowest BCUT2D eigenvalue weighted by atomic mass is 10.1. The summed E-state index contributed by atoms with van der Waals surface area (Å²) in [6.45, 7) is 3.45. The minimum absolute atomic E-state index is 0.415. The third-order valence-corrected chi connectivity index (χ3v) is 5.13. The number of rotatable bonds is 8. The van der Waals surface area contributed by atoms with Crippen molar-refractivity contribution in [1.29, 1.82) is 0 Å². The van der Waals surface area contributed by atoms with Gasteiger partial charge in [0, 0.05) is 25.9 Å². The molecule has 0 N–H and O–H groups in total. The van der Waals surface area contributed by atoms with Crippen molar-refractivity contribution in [2.75, 3.05) is 27.3 Å². The molecule has 0 radical (unpaired) electrons. The maximum atomic E-state index is 11.4. The Kier molecular flexibility index (Phi) is 8.35. The van der Waals surface area contributed by atoms with Crippen molar-refractivity contribution < 1.29 is 23.2 Å². The van der Waals surface area contributed by atoms with E-state index in [1.165, 1.54) is 4.90 Å². The SMILES string of the molecule is CCOP(=S)(OCC)Oc1ccc(C(C)=NOC(=O)N(C)C)cc1. The molecule has 134 valence electrons. The predicted octanol–water partition coefficient (Wildman–Crippen LogP) is 3.79. The molecule has 0 heterocycles. The van der Waals surface area contributed by atoms with Crippen LogP contribution in [0.25, 0.3) is 0 Å². The highest BCUT2D eigenvalue weighted by atomic mass is 32.5. The van der Waals surface area contributed by atoms with Gasteiger partial charge in [-0.1, -0.05) is 5.16 Å². The number of benzene rings is 1. The van der Waals surface area contributed by atoms with E-state index in [-0.39, 0.29) is 0 Å². The van der Waals surface area contributed by atoms with Crippen molar-refractivity contribution in [3.05, 3.63) is 29.8 Å². The Hall–Kier alpha value is -1.47. The average Bonchev–Trinajstić information content (AvgIpc) is 2.53. The number of hydrogen-bond acceptors (Lipinski definition) is 7. The van der Waals surface area contributed by atoms with E-state index in [1.807, 2.05) is 13.8 Å². The quantitative estimate of drug-likeness (QED) is 0.298. The van der Waals surface area contributed by atoms with Crippen molar-refractivity contribution in [3.63, 3.8) is 0 Å².